The maximum absolute atomic E-state index is 5.93. The predicted molar refractivity (Wildman–Crippen MR) is 79.0 cm³/mol. The van der Waals surface area contributed by atoms with Gasteiger partial charge in [-0.3, -0.25) is 0 Å². The van der Waals surface area contributed by atoms with Crippen LogP contribution in [0.25, 0.3) is 0 Å². The van der Waals surface area contributed by atoms with Gasteiger partial charge in [0.05, 0.1) is 5.60 Å². The van der Waals surface area contributed by atoms with E-state index >= 15 is 0 Å². The molecule has 0 heterocycles. The average Bonchev–Trinajstić information content (AvgIpc) is 2.76. The Morgan fingerprint density at radius 1 is 1.22 bits per heavy atom. The van der Waals surface area contributed by atoms with Crippen molar-refractivity contribution in [1.82, 2.24) is 5.32 Å². The van der Waals surface area contributed by atoms with Crippen LogP contribution in [0.3, 0.4) is 0 Å². The van der Waals surface area contributed by atoms with Crippen molar-refractivity contribution in [2.45, 2.75) is 84.3 Å². The van der Waals surface area contributed by atoms with Crippen molar-refractivity contribution in [2.75, 3.05) is 13.7 Å². The summed E-state index contributed by atoms with van der Waals surface area (Å²) in [6, 6.07) is 0.539. The smallest absolute Gasteiger partial charge is 0.0830 e. The topological polar surface area (TPSA) is 21.3 Å². The van der Waals surface area contributed by atoms with Crippen LogP contribution in [0.4, 0.5) is 0 Å². The third-order valence-corrected chi connectivity index (χ3v) is 4.36. The zero-order chi connectivity index (χ0) is 13.6. The van der Waals surface area contributed by atoms with Gasteiger partial charge in [0.1, 0.15) is 0 Å². The number of rotatable bonds is 7. The second-order valence-corrected chi connectivity index (χ2v) is 7.04. The molecule has 1 aliphatic carbocycles. The molecule has 0 saturated heterocycles. The zero-order valence-corrected chi connectivity index (χ0v) is 13.1. The first-order valence-electron chi connectivity index (χ1n) is 7.72. The van der Waals surface area contributed by atoms with Gasteiger partial charge in [-0.25, -0.2) is 0 Å². The SMILES string of the molecule is CCNC(CCCC(C)(C)C)C1(OC)CCCC1. The van der Waals surface area contributed by atoms with E-state index in [2.05, 4.69) is 33.0 Å². The Bertz CT molecular complexity index is 226. The van der Waals surface area contributed by atoms with Gasteiger partial charge < -0.3 is 10.1 Å². The van der Waals surface area contributed by atoms with E-state index in [0.717, 1.165) is 6.54 Å². The Morgan fingerprint density at radius 3 is 2.28 bits per heavy atom. The lowest BCUT2D eigenvalue weighted by atomic mass is 9.84. The normalized spacial score (nSPS) is 21.2. The van der Waals surface area contributed by atoms with E-state index in [4.69, 9.17) is 4.74 Å². The first kappa shape index (κ1) is 16.0. The molecule has 18 heavy (non-hydrogen) atoms. The monoisotopic (exact) mass is 255 g/mol. The molecule has 1 aliphatic rings. The van der Waals surface area contributed by atoms with E-state index in [1.807, 2.05) is 7.11 Å². The lowest BCUT2D eigenvalue weighted by molar-refractivity contribution is -0.0383. The summed E-state index contributed by atoms with van der Waals surface area (Å²) in [5.41, 5.74) is 0.570. The van der Waals surface area contributed by atoms with Gasteiger partial charge in [-0.05, 0) is 37.6 Å². The molecule has 1 rings (SSSR count). The molecule has 0 spiro atoms. The fraction of sp³-hybridized carbons (Fsp3) is 1.00. The molecule has 108 valence electrons. The van der Waals surface area contributed by atoms with Crippen LogP contribution in [0.1, 0.15) is 72.6 Å². The summed E-state index contributed by atoms with van der Waals surface area (Å²) in [6.45, 7) is 10.2. The molecule has 0 bridgehead atoms. The van der Waals surface area contributed by atoms with Gasteiger partial charge in [-0.15, -0.1) is 0 Å². The molecule has 0 aromatic carbocycles. The fourth-order valence-corrected chi connectivity index (χ4v) is 3.30. The minimum absolute atomic E-state index is 0.119. The van der Waals surface area contributed by atoms with Crippen molar-refractivity contribution in [3.8, 4) is 0 Å². The summed E-state index contributed by atoms with van der Waals surface area (Å²) in [4.78, 5) is 0. The number of hydrogen-bond donors (Lipinski definition) is 1. The summed E-state index contributed by atoms with van der Waals surface area (Å²) in [6.07, 6.45) is 8.97. The highest BCUT2D eigenvalue weighted by Crippen LogP contribution is 2.37. The molecule has 0 amide bonds. The summed E-state index contributed by atoms with van der Waals surface area (Å²) < 4.78 is 5.93. The van der Waals surface area contributed by atoms with Crippen LogP contribution in [0.5, 0.6) is 0 Å². The number of ether oxygens (including phenoxy) is 1. The third-order valence-electron chi connectivity index (χ3n) is 4.36. The maximum atomic E-state index is 5.93. The quantitative estimate of drug-likeness (QED) is 0.738. The van der Waals surface area contributed by atoms with Crippen molar-refractivity contribution in [3.05, 3.63) is 0 Å². The fourth-order valence-electron chi connectivity index (χ4n) is 3.30. The van der Waals surface area contributed by atoms with Crippen LogP contribution in [0, 0.1) is 5.41 Å². The lowest BCUT2D eigenvalue weighted by Crippen LogP contribution is -2.50. The molecule has 1 unspecified atom stereocenters. The van der Waals surface area contributed by atoms with Crippen LogP contribution < -0.4 is 5.32 Å². The van der Waals surface area contributed by atoms with E-state index < -0.39 is 0 Å². The minimum Gasteiger partial charge on any atom is -0.377 e. The second-order valence-electron chi connectivity index (χ2n) is 7.04. The third kappa shape index (κ3) is 4.55. The van der Waals surface area contributed by atoms with Crippen molar-refractivity contribution in [1.29, 1.82) is 0 Å². The van der Waals surface area contributed by atoms with Gasteiger partial charge >= 0.3 is 0 Å². The molecule has 0 radical (unpaired) electrons. The summed E-state index contributed by atoms with van der Waals surface area (Å²) in [7, 11) is 1.90. The number of hydrogen-bond acceptors (Lipinski definition) is 2. The Balaban J connectivity index is 2.53. The molecule has 2 nitrogen and oxygen atoms in total. The molecule has 1 N–H and O–H groups in total. The Morgan fingerprint density at radius 2 is 1.83 bits per heavy atom. The highest BCUT2D eigenvalue weighted by molar-refractivity contribution is 4.96. The zero-order valence-electron chi connectivity index (χ0n) is 13.1. The Kier molecular flexibility index (Phi) is 6.13. The van der Waals surface area contributed by atoms with Crippen LogP contribution in [-0.4, -0.2) is 25.3 Å². The first-order chi connectivity index (χ1) is 8.43. The van der Waals surface area contributed by atoms with E-state index in [0.29, 0.717) is 11.5 Å². The highest BCUT2D eigenvalue weighted by Gasteiger charge is 2.40. The summed E-state index contributed by atoms with van der Waals surface area (Å²) >= 11 is 0. The van der Waals surface area contributed by atoms with Crippen molar-refractivity contribution < 1.29 is 4.74 Å². The maximum Gasteiger partial charge on any atom is 0.0830 e. The van der Waals surface area contributed by atoms with E-state index in [-0.39, 0.29) is 5.60 Å². The van der Waals surface area contributed by atoms with Crippen LogP contribution >= 0.6 is 0 Å². The molecule has 2 heteroatoms. The number of likely N-dealkylation sites (N-methyl/N-ethyl adjacent to an activating group) is 1. The van der Waals surface area contributed by atoms with Gasteiger partial charge in [-0.2, -0.15) is 0 Å². The van der Waals surface area contributed by atoms with Crippen molar-refractivity contribution >= 4 is 0 Å². The summed E-state index contributed by atoms with van der Waals surface area (Å²) in [5, 5.41) is 3.68. The Hall–Kier alpha value is -0.0800. The molecule has 0 aromatic rings. The van der Waals surface area contributed by atoms with Gasteiger partial charge in [0.25, 0.3) is 0 Å². The largest absolute Gasteiger partial charge is 0.377 e. The minimum atomic E-state index is 0.119. The first-order valence-corrected chi connectivity index (χ1v) is 7.72. The second kappa shape index (κ2) is 6.91. The van der Waals surface area contributed by atoms with Crippen molar-refractivity contribution in [3.63, 3.8) is 0 Å². The predicted octanol–water partition coefficient (Wildman–Crippen LogP) is 4.14. The highest BCUT2D eigenvalue weighted by atomic mass is 16.5. The van der Waals surface area contributed by atoms with Crippen molar-refractivity contribution in [2.24, 2.45) is 5.41 Å². The van der Waals surface area contributed by atoms with Gasteiger partial charge in [0.15, 0.2) is 0 Å². The van der Waals surface area contributed by atoms with Gasteiger partial charge in [-0.1, -0.05) is 47.0 Å². The molecule has 1 saturated carbocycles. The van der Waals surface area contributed by atoms with Crippen LogP contribution in [0.2, 0.25) is 0 Å². The molecule has 0 aliphatic heterocycles. The van der Waals surface area contributed by atoms with E-state index in [9.17, 15) is 0 Å². The standard InChI is InChI=1S/C16H33NO/c1-6-17-14(10-9-11-15(2,3)4)16(18-5)12-7-8-13-16/h14,17H,6-13H2,1-5H3. The van der Waals surface area contributed by atoms with Crippen LogP contribution in [0.15, 0.2) is 0 Å². The average molecular weight is 255 g/mol. The Labute approximate surface area is 114 Å². The van der Waals surface area contributed by atoms with E-state index in [1.54, 1.807) is 0 Å². The molecule has 0 aromatic heterocycles. The molecular weight excluding hydrogens is 222 g/mol. The van der Waals surface area contributed by atoms with Gasteiger partial charge in [0, 0.05) is 13.2 Å². The van der Waals surface area contributed by atoms with Crippen LogP contribution in [-0.2, 0) is 4.74 Å². The van der Waals surface area contributed by atoms with Gasteiger partial charge in [0.2, 0.25) is 0 Å². The lowest BCUT2D eigenvalue weighted by Gasteiger charge is -2.37. The molecular formula is C16H33NO. The number of nitrogens with one attached hydrogen (secondary N) is 1. The summed E-state index contributed by atoms with van der Waals surface area (Å²) in [5.74, 6) is 0. The number of methoxy groups -OCH3 is 1. The van der Waals surface area contributed by atoms with E-state index in [1.165, 1.54) is 44.9 Å². The molecule has 1 fully saturated rings. The molecule has 1 atom stereocenters.